The van der Waals surface area contributed by atoms with Gasteiger partial charge in [-0.3, -0.25) is 9.59 Å². The van der Waals surface area contributed by atoms with Crippen LogP contribution in [0.5, 0.6) is 0 Å². The third-order valence-electron chi connectivity index (χ3n) is 6.02. The molecule has 1 atom stereocenters. The lowest BCUT2D eigenvalue weighted by atomic mass is 9.77. The van der Waals surface area contributed by atoms with E-state index in [-0.39, 0.29) is 22.9 Å². The summed E-state index contributed by atoms with van der Waals surface area (Å²) in [5.41, 5.74) is 0.382. The largest absolute Gasteiger partial charge is 0.342 e. The quantitative estimate of drug-likeness (QED) is 0.840. The van der Waals surface area contributed by atoms with Crippen LogP contribution in [0.15, 0.2) is 4.63 Å². The van der Waals surface area contributed by atoms with Gasteiger partial charge in [0.2, 0.25) is 5.91 Å². The highest BCUT2D eigenvalue weighted by Crippen LogP contribution is 2.41. The Morgan fingerprint density at radius 3 is 2.75 bits per heavy atom. The van der Waals surface area contributed by atoms with E-state index in [0.29, 0.717) is 24.7 Å². The van der Waals surface area contributed by atoms with Gasteiger partial charge in [-0.05, 0) is 50.1 Å². The highest BCUT2D eigenvalue weighted by atomic mass is 16.6. The van der Waals surface area contributed by atoms with Crippen LogP contribution < -0.4 is 0 Å². The maximum atomic E-state index is 13.1. The molecule has 0 bridgehead atoms. The number of aromatic nitrogens is 2. The normalized spacial score (nSPS) is 27.8. The van der Waals surface area contributed by atoms with Crippen molar-refractivity contribution in [1.82, 2.24) is 20.1 Å². The average Bonchev–Trinajstić information content (AvgIpc) is 3.14. The van der Waals surface area contributed by atoms with Crippen molar-refractivity contribution in [2.24, 2.45) is 11.3 Å². The monoisotopic (exact) mass is 332 g/mol. The second-order valence-electron chi connectivity index (χ2n) is 7.61. The fraction of sp³-hybridized carbons (Fsp3) is 0.765. The molecular formula is C17H24N4O3. The molecular weight excluding hydrogens is 308 g/mol. The van der Waals surface area contributed by atoms with Crippen LogP contribution >= 0.6 is 0 Å². The summed E-state index contributed by atoms with van der Waals surface area (Å²) < 4.78 is 4.64. The lowest BCUT2D eigenvalue weighted by Gasteiger charge is -2.42. The van der Waals surface area contributed by atoms with E-state index in [4.69, 9.17) is 0 Å². The van der Waals surface area contributed by atoms with Crippen molar-refractivity contribution in [3.63, 3.8) is 0 Å². The minimum absolute atomic E-state index is 0.172. The zero-order valence-corrected chi connectivity index (χ0v) is 14.2. The number of likely N-dealkylation sites (tertiary alicyclic amines) is 2. The molecule has 3 heterocycles. The molecule has 2 aliphatic heterocycles. The number of carbonyl (C=O) groups excluding carboxylic acids is 2. The molecule has 0 radical (unpaired) electrons. The second-order valence-corrected chi connectivity index (χ2v) is 7.61. The molecule has 0 unspecified atom stereocenters. The Balaban J connectivity index is 1.46. The van der Waals surface area contributed by atoms with Gasteiger partial charge in [-0.1, -0.05) is 11.6 Å². The maximum Gasteiger partial charge on any atom is 0.278 e. The maximum absolute atomic E-state index is 13.1. The van der Waals surface area contributed by atoms with Crippen molar-refractivity contribution < 1.29 is 14.2 Å². The molecule has 0 N–H and O–H groups in total. The van der Waals surface area contributed by atoms with Gasteiger partial charge < -0.3 is 9.80 Å². The zero-order chi connectivity index (χ0) is 16.7. The van der Waals surface area contributed by atoms with Gasteiger partial charge in [0, 0.05) is 26.2 Å². The Kier molecular flexibility index (Phi) is 3.81. The number of carbonyl (C=O) groups is 2. The van der Waals surface area contributed by atoms with Crippen molar-refractivity contribution in [3.8, 4) is 0 Å². The fourth-order valence-electron chi connectivity index (χ4n) is 4.31. The number of aryl methyl sites for hydroxylation is 1. The van der Waals surface area contributed by atoms with Crippen LogP contribution in [0.2, 0.25) is 0 Å². The highest BCUT2D eigenvalue weighted by molar-refractivity contribution is 5.94. The molecule has 130 valence electrons. The van der Waals surface area contributed by atoms with Crippen molar-refractivity contribution in [3.05, 3.63) is 11.4 Å². The summed E-state index contributed by atoms with van der Waals surface area (Å²) in [5, 5.41) is 7.39. The molecule has 3 aliphatic rings. The number of nitrogens with zero attached hydrogens (tertiary/aromatic N) is 4. The van der Waals surface area contributed by atoms with Gasteiger partial charge in [-0.15, -0.1) is 0 Å². The van der Waals surface area contributed by atoms with E-state index in [1.165, 1.54) is 19.3 Å². The molecule has 2 amide bonds. The van der Waals surface area contributed by atoms with Crippen molar-refractivity contribution >= 4 is 11.8 Å². The minimum Gasteiger partial charge on any atom is -0.342 e. The first-order valence-electron chi connectivity index (χ1n) is 8.97. The van der Waals surface area contributed by atoms with Crippen molar-refractivity contribution in [2.75, 3.05) is 26.2 Å². The SMILES string of the molecule is Cc1nonc1C(=O)N1CC[C@]2(CCCN(CC3CCC3)C2=O)C1. The minimum atomic E-state index is -0.386. The van der Waals surface area contributed by atoms with Gasteiger partial charge in [0.25, 0.3) is 5.91 Å². The lowest BCUT2D eigenvalue weighted by molar-refractivity contribution is -0.146. The van der Waals surface area contributed by atoms with Gasteiger partial charge >= 0.3 is 0 Å². The van der Waals surface area contributed by atoms with E-state index in [0.717, 1.165) is 32.4 Å². The van der Waals surface area contributed by atoms with Crippen LogP contribution in [0, 0.1) is 18.3 Å². The molecule has 4 rings (SSSR count). The fourth-order valence-corrected chi connectivity index (χ4v) is 4.31. The Labute approximate surface area is 141 Å². The summed E-state index contributed by atoms with van der Waals surface area (Å²) in [6.07, 6.45) is 6.46. The Hall–Kier alpha value is -1.92. The molecule has 1 aliphatic carbocycles. The van der Waals surface area contributed by atoms with Gasteiger partial charge in [0.05, 0.1) is 5.41 Å². The smallest absolute Gasteiger partial charge is 0.278 e. The molecule has 7 heteroatoms. The molecule has 2 saturated heterocycles. The number of rotatable bonds is 3. The Morgan fingerprint density at radius 1 is 1.25 bits per heavy atom. The Morgan fingerprint density at radius 2 is 2.08 bits per heavy atom. The predicted octanol–water partition coefficient (Wildman–Crippen LogP) is 1.63. The van der Waals surface area contributed by atoms with E-state index in [2.05, 4.69) is 19.8 Å². The molecule has 7 nitrogen and oxygen atoms in total. The third kappa shape index (κ3) is 2.50. The van der Waals surface area contributed by atoms with Crippen molar-refractivity contribution in [2.45, 2.75) is 45.4 Å². The van der Waals surface area contributed by atoms with Gasteiger partial charge in [0.15, 0.2) is 5.69 Å². The standard InChI is InChI=1S/C17H24N4O3/c1-12-14(19-24-18-12)15(22)21-9-7-17(11-21)6-3-8-20(16(17)23)10-13-4-2-5-13/h13H,2-11H2,1H3/t17-/m1/s1. The number of hydrogen-bond acceptors (Lipinski definition) is 5. The van der Waals surface area contributed by atoms with Gasteiger partial charge in [-0.2, -0.15) is 0 Å². The molecule has 1 spiro atoms. The number of piperidine rings is 1. The predicted molar refractivity (Wildman–Crippen MR) is 85.1 cm³/mol. The Bertz CT molecular complexity index is 654. The van der Waals surface area contributed by atoms with Crippen LogP contribution in [0.4, 0.5) is 0 Å². The summed E-state index contributed by atoms with van der Waals surface area (Å²) in [7, 11) is 0. The lowest BCUT2D eigenvalue weighted by Crippen LogP contribution is -2.52. The first kappa shape index (κ1) is 15.6. The van der Waals surface area contributed by atoms with E-state index < -0.39 is 0 Å². The summed E-state index contributed by atoms with van der Waals surface area (Å²) in [4.78, 5) is 29.5. The molecule has 3 fully saturated rings. The first-order chi connectivity index (χ1) is 11.6. The molecule has 0 aromatic carbocycles. The number of amides is 2. The summed E-state index contributed by atoms with van der Waals surface area (Å²) >= 11 is 0. The third-order valence-corrected chi connectivity index (χ3v) is 6.02. The van der Waals surface area contributed by atoms with Crippen LogP contribution in [-0.2, 0) is 4.79 Å². The molecule has 1 saturated carbocycles. The average molecular weight is 332 g/mol. The molecule has 1 aromatic rings. The van der Waals surface area contributed by atoms with E-state index in [1.54, 1.807) is 11.8 Å². The van der Waals surface area contributed by atoms with Crippen LogP contribution in [0.25, 0.3) is 0 Å². The highest BCUT2D eigenvalue weighted by Gasteiger charge is 2.50. The number of hydrogen-bond donors (Lipinski definition) is 0. The summed E-state index contributed by atoms with van der Waals surface area (Å²) in [5.74, 6) is 0.771. The molecule has 24 heavy (non-hydrogen) atoms. The topological polar surface area (TPSA) is 79.5 Å². The first-order valence-corrected chi connectivity index (χ1v) is 8.97. The summed E-state index contributed by atoms with van der Waals surface area (Å²) in [6, 6.07) is 0. The van der Waals surface area contributed by atoms with Crippen molar-refractivity contribution in [1.29, 1.82) is 0 Å². The molecule has 1 aromatic heterocycles. The van der Waals surface area contributed by atoms with Crippen LogP contribution in [-0.4, -0.2) is 58.1 Å². The van der Waals surface area contributed by atoms with Crippen LogP contribution in [0.1, 0.15) is 54.7 Å². The zero-order valence-electron chi connectivity index (χ0n) is 14.2. The van der Waals surface area contributed by atoms with E-state index >= 15 is 0 Å². The second kappa shape index (κ2) is 5.86. The van der Waals surface area contributed by atoms with Gasteiger partial charge in [0.1, 0.15) is 5.69 Å². The van der Waals surface area contributed by atoms with E-state index in [9.17, 15) is 9.59 Å². The van der Waals surface area contributed by atoms with E-state index in [1.807, 2.05) is 0 Å². The van der Waals surface area contributed by atoms with Crippen LogP contribution in [0.3, 0.4) is 0 Å². The summed E-state index contributed by atoms with van der Waals surface area (Å²) in [6.45, 7) is 4.59. The van der Waals surface area contributed by atoms with Gasteiger partial charge in [-0.25, -0.2) is 4.63 Å².